The van der Waals surface area contributed by atoms with Crippen LogP contribution < -0.4 is 10.6 Å². The molecule has 2 aromatic heterocycles. The Morgan fingerprint density at radius 2 is 2.17 bits per heavy atom. The standard InChI is InChI=1S/C24H35N9O2/c1-17-20(16-33(30-17)19-7-11-31(4)15-19)28-23-27-14-18(13-25)21(29-23)26-8-5-9-32-10-6-12-35-24(2,3)22(32)34/h14,16,19H,5-12,15H2,1-4H3,(H2,26,27,28,29). The first-order valence-corrected chi connectivity index (χ1v) is 12.2. The molecule has 0 radical (unpaired) electrons. The van der Waals surface area contributed by atoms with Crippen LogP contribution in [0.5, 0.6) is 0 Å². The van der Waals surface area contributed by atoms with Crippen LogP contribution in [0.3, 0.4) is 0 Å². The number of hydrogen-bond donors (Lipinski definition) is 2. The predicted octanol–water partition coefficient (Wildman–Crippen LogP) is 2.30. The molecule has 1 amide bonds. The minimum atomic E-state index is -0.787. The third kappa shape index (κ3) is 5.89. The molecule has 2 aliphatic rings. The molecule has 0 saturated carbocycles. The second-order valence-electron chi connectivity index (χ2n) is 9.79. The van der Waals surface area contributed by atoms with Crippen molar-refractivity contribution >= 4 is 23.4 Å². The summed E-state index contributed by atoms with van der Waals surface area (Å²) in [6.45, 7) is 10.1. The van der Waals surface area contributed by atoms with E-state index in [1.165, 1.54) is 6.20 Å². The Morgan fingerprint density at radius 1 is 1.34 bits per heavy atom. The number of carbonyl (C=O) groups excluding carboxylic acids is 1. The lowest BCUT2D eigenvalue weighted by atomic mass is 10.1. The first-order valence-electron chi connectivity index (χ1n) is 12.2. The van der Waals surface area contributed by atoms with Gasteiger partial charge < -0.3 is 25.2 Å². The number of likely N-dealkylation sites (tertiary alicyclic amines) is 1. The van der Waals surface area contributed by atoms with Crippen molar-refractivity contribution in [3.63, 3.8) is 0 Å². The summed E-state index contributed by atoms with van der Waals surface area (Å²) in [6.07, 6.45) is 6.14. The summed E-state index contributed by atoms with van der Waals surface area (Å²) >= 11 is 0. The Kier molecular flexibility index (Phi) is 7.52. The zero-order valence-electron chi connectivity index (χ0n) is 21.0. The smallest absolute Gasteiger partial charge is 0.254 e. The number of anilines is 3. The highest BCUT2D eigenvalue weighted by Crippen LogP contribution is 2.25. The van der Waals surface area contributed by atoms with E-state index in [0.29, 0.717) is 49.6 Å². The van der Waals surface area contributed by atoms with Crippen molar-refractivity contribution in [2.24, 2.45) is 0 Å². The van der Waals surface area contributed by atoms with Crippen LogP contribution in [0.4, 0.5) is 17.5 Å². The van der Waals surface area contributed by atoms with Crippen LogP contribution in [-0.2, 0) is 9.53 Å². The van der Waals surface area contributed by atoms with Gasteiger partial charge >= 0.3 is 0 Å². The Balaban J connectivity index is 1.36. The topological polar surface area (TPSA) is 124 Å². The summed E-state index contributed by atoms with van der Waals surface area (Å²) in [7, 11) is 2.12. The van der Waals surface area contributed by atoms with Crippen LogP contribution in [0.25, 0.3) is 0 Å². The fourth-order valence-corrected chi connectivity index (χ4v) is 4.52. The molecule has 0 bridgehead atoms. The number of amides is 1. The Bertz CT molecular complexity index is 1090. The third-order valence-electron chi connectivity index (χ3n) is 6.55. The van der Waals surface area contributed by atoms with Crippen LogP contribution in [0.1, 0.15) is 50.4 Å². The lowest BCUT2D eigenvalue weighted by molar-refractivity contribution is -0.149. The number of aryl methyl sites for hydroxylation is 1. The molecule has 1 atom stereocenters. The van der Waals surface area contributed by atoms with Crippen molar-refractivity contribution in [3.8, 4) is 6.07 Å². The van der Waals surface area contributed by atoms with E-state index in [4.69, 9.17) is 4.74 Å². The number of carbonyl (C=O) groups is 1. The molecule has 0 aromatic carbocycles. The third-order valence-corrected chi connectivity index (χ3v) is 6.55. The second-order valence-corrected chi connectivity index (χ2v) is 9.79. The van der Waals surface area contributed by atoms with E-state index in [1.807, 2.05) is 36.5 Å². The van der Waals surface area contributed by atoms with Crippen molar-refractivity contribution in [1.82, 2.24) is 29.5 Å². The molecule has 11 heteroatoms. The average Bonchev–Trinajstić information content (AvgIpc) is 3.39. The van der Waals surface area contributed by atoms with Gasteiger partial charge in [0.05, 0.1) is 23.6 Å². The van der Waals surface area contributed by atoms with Gasteiger partial charge in [-0.1, -0.05) is 0 Å². The van der Waals surface area contributed by atoms with E-state index in [2.05, 4.69) is 43.7 Å². The first kappa shape index (κ1) is 24.9. The molecule has 2 saturated heterocycles. The van der Waals surface area contributed by atoms with Gasteiger partial charge in [-0.05, 0) is 53.6 Å². The fourth-order valence-electron chi connectivity index (χ4n) is 4.52. The normalized spacial score (nSPS) is 20.5. The maximum Gasteiger partial charge on any atom is 0.254 e. The molecule has 188 valence electrons. The van der Waals surface area contributed by atoms with Gasteiger partial charge in [0.15, 0.2) is 0 Å². The lowest BCUT2D eigenvalue weighted by Gasteiger charge is -2.28. The van der Waals surface area contributed by atoms with Gasteiger partial charge in [-0.2, -0.15) is 15.3 Å². The van der Waals surface area contributed by atoms with Gasteiger partial charge in [0.2, 0.25) is 5.95 Å². The summed E-state index contributed by atoms with van der Waals surface area (Å²) in [4.78, 5) is 25.7. The van der Waals surface area contributed by atoms with E-state index in [1.54, 1.807) is 0 Å². The monoisotopic (exact) mass is 481 g/mol. The second kappa shape index (κ2) is 10.6. The summed E-state index contributed by atoms with van der Waals surface area (Å²) < 4.78 is 7.68. The van der Waals surface area contributed by atoms with Crippen molar-refractivity contribution in [3.05, 3.63) is 23.7 Å². The maximum atomic E-state index is 12.7. The van der Waals surface area contributed by atoms with E-state index < -0.39 is 5.60 Å². The highest BCUT2D eigenvalue weighted by Gasteiger charge is 2.34. The summed E-state index contributed by atoms with van der Waals surface area (Å²) in [5, 5.41) is 20.7. The molecule has 2 fully saturated rings. The number of rotatable bonds is 8. The molecule has 4 rings (SSSR count). The predicted molar refractivity (Wildman–Crippen MR) is 132 cm³/mol. The number of likely N-dealkylation sites (N-methyl/N-ethyl adjacent to an activating group) is 1. The summed E-state index contributed by atoms with van der Waals surface area (Å²) in [5.41, 5.74) is 1.30. The first-order chi connectivity index (χ1) is 16.8. The molecular formula is C24H35N9O2. The van der Waals surface area contributed by atoms with E-state index in [0.717, 1.165) is 43.7 Å². The minimum Gasteiger partial charge on any atom is -0.369 e. The molecule has 0 aliphatic carbocycles. The highest BCUT2D eigenvalue weighted by molar-refractivity contribution is 5.84. The molecule has 2 N–H and O–H groups in total. The van der Waals surface area contributed by atoms with Crippen molar-refractivity contribution < 1.29 is 9.53 Å². The Morgan fingerprint density at radius 3 is 2.91 bits per heavy atom. The molecule has 2 aromatic rings. The number of aromatic nitrogens is 4. The van der Waals surface area contributed by atoms with Crippen molar-refractivity contribution in [2.75, 3.05) is 57.0 Å². The Hall–Kier alpha value is -3.23. The van der Waals surface area contributed by atoms with Crippen LogP contribution in [-0.4, -0.2) is 87.4 Å². The number of nitrogens with one attached hydrogen (secondary N) is 2. The zero-order valence-corrected chi connectivity index (χ0v) is 21.0. The van der Waals surface area contributed by atoms with Crippen LogP contribution in [0, 0.1) is 18.3 Å². The Labute approximate surface area is 206 Å². The summed E-state index contributed by atoms with van der Waals surface area (Å²) in [6, 6.07) is 2.50. The largest absolute Gasteiger partial charge is 0.369 e. The van der Waals surface area contributed by atoms with Gasteiger partial charge in [-0.25, -0.2) is 4.98 Å². The van der Waals surface area contributed by atoms with Crippen LogP contribution in [0.15, 0.2) is 12.4 Å². The maximum absolute atomic E-state index is 12.7. The SMILES string of the molecule is Cc1nn(C2CCN(C)C2)cc1Nc1ncc(C#N)c(NCCCN2CCCOC(C)(C)C2=O)n1. The number of hydrogen-bond acceptors (Lipinski definition) is 9. The fraction of sp³-hybridized carbons (Fsp3) is 0.625. The highest BCUT2D eigenvalue weighted by atomic mass is 16.5. The van der Waals surface area contributed by atoms with Gasteiger partial charge in [0.25, 0.3) is 5.91 Å². The van der Waals surface area contributed by atoms with Crippen molar-refractivity contribution in [2.45, 2.75) is 51.7 Å². The van der Waals surface area contributed by atoms with Gasteiger partial charge in [0, 0.05) is 39.0 Å². The van der Waals surface area contributed by atoms with E-state index in [-0.39, 0.29) is 5.91 Å². The molecule has 4 heterocycles. The molecule has 1 unspecified atom stereocenters. The van der Waals surface area contributed by atoms with Crippen LogP contribution >= 0.6 is 0 Å². The molecular weight excluding hydrogens is 446 g/mol. The van der Waals surface area contributed by atoms with Gasteiger partial charge in [-0.15, -0.1) is 0 Å². The van der Waals surface area contributed by atoms with Crippen molar-refractivity contribution in [1.29, 1.82) is 5.26 Å². The zero-order chi connectivity index (χ0) is 25.0. The number of nitriles is 1. The number of nitrogens with zero attached hydrogens (tertiary/aromatic N) is 7. The van der Waals surface area contributed by atoms with Crippen LogP contribution in [0.2, 0.25) is 0 Å². The van der Waals surface area contributed by atoms with Gasteiger partial charge in [-0.3, -0.25) is 9.48 Å². The molecule has 11 nitrogen and oxygen atoms in total. The number of ether oxygens (including phenoxy) is 1. The van der Waals surface area contributed by atoms with Gasteiger partial charge in [0.1, 0.15) is 23.1 Å². The quantitative estimate of drug-likeness (QED) is 0.547. The molecule has 0 spiro atoms. The van der Waals surface area contributed by atoms with E-state index in [9.17, 15) is 10.1 Å². The minimum absolute atomic E-state index is 0.0152. The average molecular weight is 482 g/mol. The molecule has 2 aliphatic heterocycles. The molecule has 35 heavy (non-hydrogen) atoms. The summed E-state index contributed by atoms with van der Waals surface area (Å²) in [5.74, 6) is 0.888. The lowest BCUT2D eigenvalue weighted by Crippen LogP contribution is -2.45. The van der Waals surface area contributed by atoms with E-state index >= 15 is 0 Å².